The molecule has 0 fully saturated rings. The molecular formula is C15H23N3O3. The van der Waals surface area contributed by atoms with Gasteiger partial charge in [-0.25, -0.2) is 0 Å². The van der Waals surface area contributed by atoms with Gasteiger partial charge in [0.2, 0.25) is 5.91 Å². The number of carbonyl (C=O) groups is 2. The fourth-order valence-electron chi connectivity index (χ4n) is 1.61. The summed E-state index contributed by atoms with van der Waals surface area (Å²) < 4.78 is 5.03. The third kappa shape index (κ3) is 5.43. The molecule has 2 amide bonds. The Hall–Kier alpha value is -2.08. The third-order valence-electron chi connectivity index (χ3n) is 3.26. The van der Waals surface area contributed by atoms with Gasteiger partial charge in [-0.05, 0) is 31.2 Å². The van der Waals surface area contributed by atoms with E-state index in [9.17, 15) is 9.59 Å². The fourth-order valence-corrected chi connectivity index (χ4v) is 1.61. The van der Waals surface area contributed by atoms with Crippen LogP contribution in [0.25, 0.3) is 0 Å². The number of carbonyl (C=O) groups excluding carboxylic acids is 2. The predicted octanol–water partition coefficient (Wildman–Crippen LogP) is 0.525. The highest BCUT2D eigenvalue weighted by Gasteiger charge is 2.16. The number of methoxy groups -OCH3 is 1. The van der Waals surface area contributed by atoms with Crippen molar-refractivity contribution < 1.29 is 14.3 Å². The Morgan fingerprint density at radius 1 is 1.14 bits per heavy atom. The van der Waals surface area contributed by atoms with Gasteiger partial charge in [0.25, 0.3) is 5.91 Å². The summed E-state index contributed by atoms with van der Waals surface area (Å²) in [5.41, 5.74) is 6.20. The van der Waals surface area contributed by atoms with Crippen LogP contribution >= 0.6 is 0 Å². The number of amides is 2. The van der Waals surface area contributed by atoms with Gasteiger partial charge in [0.15, 0.2) is 0 Å². The van der Waals surface area contributed by atoms with E-state index in [2.05, 4.69) is 10.6 Å². The minimum Gasteiger partial charge on any atom is -0.497 e. The standard InChI is InChI=1S/C15H23N3O3/c1-10(11(2)16)14(19)17-8-9-18-15(20)12-4-6-13(21-3)7-5-12/h4-7,10-11H,8-9,16H2,1-3H3,(H,17,19)(H,18,20). The lowest BCUT2D eigenvalue weighted by Gasteiger charge is -2.15. The molecular weight excluding hydrogens is 270 g/mol. The summed E-state index contributed by atoms with van der Waals surface area (Å²) in [5.74, 6) is 0.154. The number of ether oxygens (including phenoxy) is 1. The zero-order valence-electron chi connectivity index (χ0n) is 12.7. The molecule has 1 aromatic rings. The Morgan fingerprint density at radius 2 is 1.71 bits per heavy atom. The van der Waals surface area contributed by atoms with Crippen LogP contribution in [0.2, 0.25) is 0 Å². The molecule has 0 aromatic heterocycles. The molecule has 6 nitrogen and oxygen atoms in total. The van der Waals surface area contributed by atoms with Gasteiger partial charge < -0.3 is 21.1 Å². The lowest BCUT2D eigenvalue weighted by Crippen LogP contribution is -2.41. The van der Waals surface area contributed by atoms with Gasteiger partial charge >= 0.3 is 0 Å². The van der Waals surface area contributed by atoms with Crippen molar-refractivity contribution in [3.63, 3.8) is 0 Å². The highest BCUT2D eigenvalue weighted by atomic mass is 16.5. The second-order valence-electron chi connectivity index (χ2n) is 4.92. The van der Waals surface area contributed by atoms with Crippen molar-refractivity contribution in [1.82, 2.24) is 10.6 Å². The molecule has 116 valence electrons. The van der Waals surface area contributed by atoms with Gasteiger partial charge in [-0.1, -0.05) is 6.92 Å². The SMILES string of the molecule is COc1ccc(C(=O)NCCNC(=O)C(C)C(C)N)cc1. The lowest BCUT2D eigenvalue weighted by atomic mass is 10.0. The first-order valence-corrected chi connectivity index (χ1v) is 6.91. The van der Waals surface area contributed by atoms with Gasteiger partial charge in [0.1, 0.15) is 5.75 Å². The van der Waals surface area contributed by atoms with E-state index >= 15 is 0 Å². The molecule has 1 aromatic carbocycles. The zero-order chi connectivity index (χ0) is 15.8. The van der Waals surface area contributed by atoms with Crippen LogP contribution in [-0.2, 0) is 4.79 Å². The second kappa shape index (κ2) is 8.26. The van der Waals surface area contributed by atoms with Gasteiger partial charge in [-0.15, -0.1) is 0 Å². The molecule has 0 saturated heterocycles. The van der Waals surface area contributed by atoms with Crippen LogP contribution in [0.5, 0.6) is 5.75 Å². The molecule has 0 aliphatic rings. The average molecular weight is 293 g/mol. The molecule has 0 radical (unpaired) electrons. The van der Waals surface area contributed by atoms with E-state index < -0.39 is 0 Å². The molecule has 0 bridgehead atoms. The largest absolute Gasteiger partial charge is 0.497 e. The van der Waals surface area contributed by atoms with Crippen LogP contribution < -0.4 is 21.1 Å². The number of hydrogen-bond acceptors (Lipinski definition) is 4. The van der Waals surface area contributed by atoms with Crippen LogP contribution in [-0.4, -0.2) is 38.1 Å². The minimum atomic E-state index is -0.248. The molecule has 0 aliphatic heterocycles. The van der Waals surface area contributed by atoms with E-state index in [-0.39, 0.29) is 23.8 Å². The third-order valence-corrected chi connectivity index (χ3v) is 3.26. The Balaban J connectivity index is 2.32. The predicted molar refractivity (Wildman–Crippen MR) is 81.2 cm³/mol. The summed E-state index contributed by atoms with van der Waals surface area (Å²) in [7, 11) is 1.57. The summed E-state index contributed by atoms with van der Waals surface area (Å²) in [4.78, 5) is 23.5. The summed E-state index contributed by atoms with van der Waals surface area (Å²) in [6.45, 7) is 4.30. The van der Waals surface area contributed by atoms with Crippen molar-refractivity contribution >= 4 is 11.8 Å². The Morgan fingerprint density at radius 3 is 2.24 bits per heavy atom. The molecule has 21 heavy (non-hydrogen) atoms. The Bertz CT molecular complexity index is 472. The van der Waals surface area contributed by atoms with Gasteiger partial charge in [-0.3, -0.25) is 9.59 Å². The molecule has 2 atom stereocenters. The lowest BCUT2D eigenvalue weighted by molar-refractivity contribution is -0.124. The second-order valence-corrected chi connectivity index (χ2v) is 4.92. The summed E-state index contributed by atoms with van der Waals surface area (Å²) in [6.07, 6.45) is 0. The zero-order valence-corrected chi connectivity index (χ0v) is 12.7. The maximum atomic E-state index is 11.8. The quantitative estimate of drug-likeness (QED) is 0.639. The van der Waals surface area contributed by atoms with E-state index in [1.807, 2.05) is 0 Å². The summed E-state index contributed by atoms with van der Waals surface area (Å²) in [5, 5.41) is 5.47. The maximum absolute atomic E-state index is 11.8. The average Bonchev–Trinajstić information content (AvgIpc) is 2.50. The Kier molecular flexibility index (Phi) is 6.68. The van der Waals surface area contributed by atoms with E-state index in [4.69, 9.17) is 10.5 Å². The molecule has 6 heteroatoms. The number of nitrogens with one attached hydrogen (secondary N) is 2. The first-order valence-electron chi connectivity index (χ1n) is 6.91. The van der Waals surface area contributed by atoms with Crippen LogP contribution in [0, 0.1) is 5.92 Å². The highest BCUT2D eigenvalue weighted by molar-refractivity contribution is 5.94. The van der Waals surface area contributed by atoms with Crippen molar-refractivity contribution in [2.45, 2.75) is 19.9 Å². The van der Waals surface area contributed by atoms with Crippen molar-refractivity contribution in [3.8, 4) is 5.75 Å². The molecule has 0 aliphatic carbocycles. The van der Waals surface area contributed by atoms with Crippen molar-refractivity contribution in [2.24, 2.45) is 11.7 Å². The number of rotatable bonds is 7. The normalized spacial score (nSPS) is 13.1. The molecule has 2 unspecified atom stereocenters. The van der Waals surface area contributed by atoms with Gasteiger partial charge in [-0.2, -0.15) is 0 Å². The Labute approximate surface area is 125 Å². The summed E-state index contributed by atoms with van der Waals surface area (Å²) >= 11 is 0. The van der Waals surface area contributed by atoms with Gasteiger partial charge in [0.05, 0.1) is 7.11 Å². The van der Waals surface area contributed by atoms with E-state index in [1.54, 1.807) is 45.2 Å². The van der Waals surface area contributed by atoms with Crippen LogP contribution in [0.3, 0.4) is 0 Å². The first kappa shape index (κ1) is 17.0. The maximum Gasteiger partial charge on any atom is 0.251 e. The minimum absolute atomic E-state index is 0.108. The van der Waals surface area contributed by atoms with Crippen molar-refractivity contribution in [1.29, 1.82) is 0 Å². The monoisotopic (exact) mass is 293 g/mol. The van der Waals surface area contributed by atoms with E-state index in [0.717, 1.165) is 0 Å². The number of benzene rings is 1. The number of nitrogens with two attached hydrogens (primary N) is 1. The first-order chi connectivity index (χ1) is 9.95. The number of hydrogen-bond donors (Lipinski definition) is 3. The van der Waals surface area contributed by atoms with Crippen molar-refractivity contribution in [3.05, 3.63) is 29.8 Å². The van der Waals surface area contributed by atoms with Crippen LogP contribution in [0.1, 0.15) is 24.2 Å². The fraction of sp³-hybridized carbons (Fsp3) is 0.467. The molecule has 4 N–H and O–H groups in total. The molecule has 0 spiro atoms. The smallest absolute Gasteiger partial charge is 0.251 e. The van der Waals surface area contributed by atoms with Crippen LogP contribution in [0.15, 0.2) is 24.3 Å². The van der Waals surface area contributed by atoms with Crippen LogP contribution in [0.4, 0.5) is 0 Å². The molecule has 0 saturated carbocycles. The highest BCUT2D eigenvalue weighted by Crippen LogP contribution is 2.10. The topological polar surface area (TPSA) is 93.5 Å². The molecule has 0 heterocycles. The van der Waals surface area contributed by atoms with E-state index in [1.165, 1.54) is 0 Å². The van der Waals surface area contributed by atoms with Gasteiger partial charge in [0, 0.05) is 30.6 Å². The van der Waals surface area contributed by atoms with Crippen molar-refractivity contribution in [2.75, 3.05) is 20.2 Å². The molecule has 1 rings (SSSR count). The van der Waals surface area contributed by atoms with E-state index in [0.29, 0.717) is 24.4 Å². The summed E-state index contributed by atoms with van der Waals surface area (Å²) in [6, 6.07) is 6.62.